The molecule has 1 amide bonds. The summed E-state index contributed by atoms with van der Waals surface area (Å²) >= 11 is 1.01. The highest BCUT2D eigenvalue weighted by molar-refractivity contribution is 8.18. The van der Waals surface area contributed by atoms with Crippen molar-refractivity contribution >= 4 is 34.6 Å². The Morgan fingerprint density at radius 2 is 2.00 bits per heavy atom. The number of methoxy groups -OCH3 is 1. The number of benzene rings is 2. The van der Waals surface area contributed by atoms with E-state index in [1.807, 2.05) is 0 Å². The fourth-order valence-corrected chi connectivity index (χ4v) is 2.83. The molecule has 2 aromatic rings. The van der Waals surface area contributed by atoms with Gasteiger partial charge in [-0.2, -0.15) is 0 Å². The highest BCUT2D eigenvalue weighted by Gasteiger charge is 2.23. The van der Waals surface area contributed by atoms with Crippen molar-refractivity contribution in [1.82, 2.24) is 5.32 Å². The van der Waals surface area contributed by atoms with Gasteiger partial charge in [0.05, 0.1) is 17.7 Å². The van der Waals surface area contributed by atoms with Gasteiger partial charge in [-0.3, -0.25) is 4.79 Å². The van der Waals surface area contributed by atoms with Crippen LogP contribution >= 0.6 is 11.8 Å². The van der Waals surface area contributed by atoms with Crippen molar-refractivity contribution in [3.05, 3.63) is 58.8 Å². The van der Waals surface area contributed by atoms with Crippen LogP contribution < -0.4 is 10.1 Å². The van der Waals surface area contributed by atoms with Gasteiger partial charge in [0, 0.05) is 0 Å². The molecule has 1 fully saturated rings. The molecule has 24 heavy (non-hydrogen) atoms. The Kier molecular flexibility index (Phi) is 4.52. The predicted octanol–water partition coefficient (Wildman–Crippen LogP) is 4.07. The summed E-state index contributed by atoms with van der Waals surface area (Å²) in [6.45, 7) is 0. The van der Waals surface area contributed by atoms with Crippen molar-refractivity contribution in [3.8, 4) is 11.5 Å². The van der Waals surface area contributed by atoms with Gasteiger partial charge in [0.25, 0.3) is 5.24 Å². The van der Waals surface area contributed by atoms with Crippen LogP contribution in [0.2, 0.25) is 0 Å². The van der Waals surface area contributed by atoms with Gasteiger partial charge in [-0.1, -0.05) is 6.07 Å². The summed E-state index contributed by atoms with van der Waals surface area (Å²) in [7, 11) is 1.46. The van der Waals surface area contributed by atoms with E-state index in [1.54, 1.807) is 18.2 Å². The lowest BCUT2D eigenvalue weighted by atomic mass is 10.2. The molecule has 0 spiro atoms. The predicted molar refractivity (Wildman–Crippen MR) is 92.3 cm³/mol. The van der Waals surface area contributed by atoms with E-state index in [2.05, 4.69) is 10.3 Å². The average Bonchev–Trinajstić information content (AvgIpc) is 2.90. The van der Waals surface area contributed by atoms with Gasteiger partial charge < -0.3 is 15.2 Å². The lowest BCUT2D eigenvalue weighted by Gasteiger charge is -2.04. The smallest absolute Gasteiger partial charge is 0.289 e. The number of carbonyl (C=O) groups excluding carboxylic acids is 1. The third-order valence-electron chi connectivity index (χ3n) is 3.23. The third kappa shape index (κ3) is 3.57. The molecule has 0 aromatic heterocycles. The molecule has 0 aliphatic carbocycles. The molecule has 5 nitrogen and oxygen atoms in total. The Bertz CT molecular complexity index is 847. The number of nitrogens with zero attached hydrogens (tertiary/aromatic N) is 1. The van der Waals surface area contributed by atoms with E-state index in [0.29, 0.717) is 22.2 Å². The van der Waals surface area contributed by atoms with Gasteiger partial charge in [0.2, 0.25) is 0 Å². The number of aromatic hydroxyl groups is 1. The second-order valence-corrected chi connectivity index (χ2v) is 5.91. The van der Waals surface area contributed by atoms with Crippen LogP contribution in [0.1, 0.15) is 5.56 Å². The number of phenolic OH excluding ortho intramolecular Hbond substituents is 1. The molecular formula is C17H13FN2O3S. The summed E-state index contributed by atoms with van der Waals surface area (Å²) in [4.78, 5) is 16.6. The number of halogens is 1. The lowest BCUT2D eigenvalue weighted by Crippen LogP contribution is -2.18. The summed E-state index contributed by atoms with van der Waals surface area (Å²) < 4.78 is 18.0. The third-order valence-corrected chi connectivity index (χ3v) is 4.04. The lowest BCUT2D eigenvalue weighted by molar-refractivity contribution is 0.265. The van der Waals surface area contributed by atoms with Crippen molar-refractivity contribution in [2.75, 3.05) is 7.11 Å². The Balaban J connectivity index is 1.95. The van der Waals surface area contributed by atoms with Crippen molar-refractivity contribution in [3.63, 3.8) is 0 Å². The Morgan fingerprint density at radius 1 is 1.25 bits per heavy atom. The number of hydrogen-bond acceptors (Lipinski definition) is 5. The molecular weight excluding hydrogens is 331 g/mol. The van der Waals surface area contributed by atoms with Crippen molar-refractivity contribution in [1.29, 1.82) is 0 Å². The topological polar surface area (TPSA) is 70.9 Å². The summed E-state index contributed by atoms with van der Waals surface area (Å²) in [5.41, 5.74) is 1.28. The van der Waals surface area contributed by atoms with Crippen LogP contribution in [0.25, 0.3) is 6.08 Å². The average molecular weight is 344 g/mol. The summed E-state index contributed by atoms with van der Waals surface area (Å²) in [6, 6.07) is 10.5. The van der Waals surface area contributed by atoms with Crippen molar-refractivity contribution < 1.29 is 19.0 Å². The zero-order valence-corrected chi connectivity index (χ0v) is 13.4. The first-order valence-electron chi connectivity index (χ1n) is 6.97. The molecule has 0 bridgehead atoms. The molecule has 0 unspecified atom stereocenters. The first-order chi connectivity index (χ1) is 11.5. The number of ether oxygens (including phenoxy) is 1. The number of amides is 1. The first-order valence-corrected chi connectivity index (χ1v) is 7.79. The van der Waals surface area contributed by atoms with E-state index in [-0.39, 0.29) is 16.8 Å². The highest BCUT2D eigenvalue weighted by Crippen LogP contribution is 2.31. The minimum atomic E-state index is -0.351. The molecule has 1 aliphatic heterocycles. The minimum Gasteiger partial charge on any atom is -0.504 e. The molecule has 1 aliphatic rings. The number of phenols is 1. The summed E-state index contributed by atoms with van der Waals surface area (Å²) in [5, 5.41) is 12.1. The van der Waals surface area contributed by atoms with Gasteiger partial charge in [0.1, 0.15) is 11.7 Å². The van der Waals surface area contributed by atoms with Crippen LogP contribution in [0, 0.1) is 5.82 Å². The van der Waals surface area contributed by atoms with Crippen LogP contribution in [0.4, 0.5) is 14.9 Å². The molecule has 0 atom stereocenters. The van der Waals surface area contributed by atoms with Crippen LogP contribution in [0.3, 0.4) is 0 Å². The summed E-state index contributed by atoms with van der Waals surface area (Å²) in [5.74, 6) is 0.413. The maximum atomic E-state index is 13.0. The number of aliphatic imine (C=N–C) groups is 1. The number of carbonyl (C=O) groups is 1. The number of nitrogens with one attached hydrogen (secondary N) is 1. The number of thioether (sulfide) groups is 1. The number of amidine groups is 1. The highest BCUT2D eigenvalue weighted by atomic mass is 32.2. The Labute approximate surface area is 141 Å². The maximum Gasteiger partial charge on any atom is 0.289 e. The van der Waals surface area contributed by atoms with E-state index in [9.17, 15) is 14.3 Å². The Hall–Kier alpha value is -2.80. The zero-order chi connectivity index (χ0) is 17.1. The van der Waals surface area contributed by atoms with Gasteiger partial charge in [-0.15, -0.1) is 0 Å². The number of hydrogen-bond donors (Lipinski definition) is 2. The first kappa shape index (κ1) is 16.1. The molecule has 1 heterocycles. The van der Waals surface area contributed by atoms with Gasteiger partial charge in [0.15, 0.2) is 11.5 Å². The maximum absolute atomic E-state index is 13.0. The van der Waals surface area contributed by atoms with E-state index >= 15 is 0 Å². The molecule has 0 radical (unpaired) electrons. The summed E-state index contributed by atoms with van der Waals surface area (Å²) in [6.07, 6.45) is 1.76. The molecule has 2 N–H and O–H groups in total. The monoisotopic (exact) mass is 344 g/mol. The normalized spacial score (nSPS) is 17.3. The molecule has 0 saturated carbocycles. The van der Waals surface area contributed by atoms with Gasteiger partial charge in [-0.05, 0) is 59.8 Å². The van der Waals surface area contributed by atoms with Gasteiger partial charge in [-0.25, -0.2) is 9.38 Å². The quantitative estimate of drug-likeness (QED) is 0.880. The molecule has 1 saturated heterocycles. The van der Waals surface area contributed by atoms with Crippen LogP contribution in [0.5, 0.6) is 11.5 Å². The van der Waals surface area contributed by atoms with E-state index in [0.717, 1.165) is 17.3 Å². The number of rotatable bonds is 3. The second-order valence-electron chi connectivity index (χ2n) is 4.89. The SMILES string of the molecule is COc1cc(/C=C2\SC(=O)NC2=Nc2ccc(F)cc2)ccc1O. The standard InChI is InChI=1S/C17H13FN2O3S/c1-23-14-8-10(2-7-13(14)21)9-15-16(20-17(22)24-15)19-12-5-3-11(18)4-6-12/h2-9,21H,1H3,(H,19,20,22)/b15-9-. The van der Waals surface area contributed by atoms with E-state index < -0.39 is 0 Å². The molecule has 3 rings (SSSR count). The van der Waals surface area contributed by atoms with Crippen LogP contribution in [0.15, 0.2) is 52.4 Å². The fourth-order valence-electron chi connectivity index (χ4n) is 2.09. The largest absolute Gasteiger partial charge is 0.504 e. The van der Waals surface area contributed by atoms with Crippen molar-refractivity contribution in [2.24, 2.45) is 4.99 Å². The van der Waals surface area contributed by atoms with Gasteiger partial charge >= 0.3 is 0 Å². The second kappa shape index (κ2) is 6.76. The van der Waals surface area contributed by atoms with Crippen LogP contribution in [-0.2, 0) is 0 Å². The van der Waals surface area contributed by atoms with Crippen LogP contribution in [-0.4, -0.2) is 23.3 Å². The fraction of sp³-hybridized carbons (Fsp3) is 0.0588. The van der Waals surface area contributed by atoms with E-state index in [4.69, 9.17) is 4.74 Å². The minimum absolute atomic E-state index is 0.0353. The molecule has 2 aromatic carbocycles. The Morgan fingerprint density at radius 3 is 2.71 bits per heavy atom. The molecule has 122 valence electrons. The zero-order valence-electron chi connectivity index (χ0n) is 12.6. The molecule has 7 heteroatoms. The van der Waals surface area contributed by atoms with E-state index in [1.165, 1.54) is 37.4 Å². The van der Waals surface area contributed by atoms with Crippen molar-refractivity contribution in [2.45, 2.75) is 0 Å².